The average Bonchev–Trinajstić information content (AvgIpc) is 2.66. The third kappa shape index (κ3) is 4.40. The first kappa shape index (κ1) is 18.8. The number of carbonyl (C=O) groups excluding carboxylic acids is 1. The summed E-state index contributed by atoms with van der Waals surface area (Å²) in [7, 11) is 0. The van der Waals surface area contributed by atoms with Gasteiger partial charge in [-0.3, -0.25) is 9.78 Å². The lowest BCUT2D eigenvalue weighted by Gasteiger charge is -2.15. The quantitative estimate of drug-likeness (QED) is 0.717. The number of aliphatic hydroxyl groups excluding tert-OH is 1. The predicted molar refractivity (Wildman–Crippen MR) is 94.0 cm³/mol. The fourth-order valence-electron chi connectivity index (χ4n) is 2.61. The number of halogens is 3. The molecule has 1 aromatic carbocycles. The number of nitrogens with one attached hydrogen (secondary N) is 1. The number of hydrogen-bond acceptors (Lipinski definition) is 4. The van der Waals surface area contributed by atoms with Crippen molar-refractivity contribution in [2.45, 2.75) is 18.7 Å². The lowest BCUT2D eigenvalue weighted by Crippen LogP contribution is -2.34. The molecular weight excluding hydrogens is 359 g/mol. The molecule has 0 spiro atoms. The van der Waals surface area contributed by atoms with Gasteiger partial charge in [-0.2, -0.15) is 13.2 Å². The fourth-order valence-corrected chi connectivity index (χ4v) is 2.61. The van der Waals surface area contributed by atoms with Gasteiger partial charge in [-0.25, -0.2) is 4.98 Å². The van der Waals surface area contributed by atoms with E-state index < -0.39 is 24.6 Å². The van der Waals surface area contributed by atoms with Crippen molar-refractivity contribution >= 4 is 16.8 Å². The van der Waals surface area contributed by atoms with Gasteiger partial charge in [0.25, 0.3) is 5.91 Å². The topological polar surface area (TPSA) is 75.1 Å². The smallest absolute Gasteiger partial charge is 0.384 e. The molecule has 0 radical (unpaired) electrons. The first-order chi connectivity index (χ1) is 12.9. The first-order valence-corrected chi connectivity index (χ1v) is 8.19. The van der Waals surface area contributed by atoms with E-state index in [1.54, 1.807) is 54.9 Å². The zero-order chi connectivity index (χ0) is 19.4. The van der Waals surface area contributed by atoms with Crippen molar-refractivity contribution in [1.29, 1.82) is 0 Å². The van der Waals surface area contributed by atoms with Crippen LogP contribution in [0.5, 0.6) is 0 Å². The Labute approximate surface area is 152 Å². The number of pyridine rings is 2. The summed E-state index contributed by atoms with van der Waals surface area (Å²) in [5, 5.41) is 12.1. The van der Waals surface area contributed by atoms with E-state index in [0.717, 1.165) is 0 Å². The number of alkyl halides is 3. The summed E-state index contributed by atoms with van der Waals surface area (Å²) in [5.74, 6) is -0.534. The van der Waals surface area contributed by atoms with Gasteiger partial charge in [0.15, 0.2) is 6.10 Å². The van der Waals surface area contributed by atoms with E-state index in [9.17, 15) is 18.0 Å². The lowest BCUT2D eigenvalue weighted by atomic mass is 10.0. The van der Waals surface area contributed by atoms with E-state index in [-0.39, 0.29) is 6.54 Å². The van der Waals surface area contributed by atoms with Gasteiger partial charge in [0.05, 0.1) is 16.8 Å². The van der Waals surface area contributed by atoms with Crippen LogP contribution in [0.1, 0.15) is 16.8 Å². The number of rotatable bonds is 5. The van der Waals surface area contributed by atoms with Crippen molar-refractivity contribution in [3.8, 4) is 11.3 Å². The highest BCUT2D eigenvalue weighted by Gasteiger charge is 2.37. The maximum absolute atomic E-state index is 12.6. The molecule has 5 nitrogen and oxygen atoms in total. The van der Waals surface area contributed by atoms with Crippen molar-refractivity contribution in [3.05, 3.63) is 60.4 Å². The number of para-hydroxylation sites is 1. The summed E-state index contributed by atoms with van der Waals surface area (Å²) >= 11 is 0. The minimum atomic E-state index is -4.71. The van der Waals surface area contributed by atoms with Gasteiger partial charge in [0, 0.05) is 29.9 Å². The van der Waals surface area contributed by atoms with Crippen LogP contribution in [0.25, 0.3) is 22.2 Å². The molecule has 0 aliphatic heterocycles. The van der Waals surface area contributed by atoms with Crippen LogP contribution in [-0.4, -0.2) is 39.8 Å². The number of benzene rings is 1. The number of carbonyl (C=O) groups is 1. The van der Waals surface area contributed by atoms with Crippen LogP contribution in [0.4, 0.5) is 13.2 Å². The van der Waals surface area contributed by atoms with E-state index in [2.05, 4.69) is 15.3 Å². The SMILES string of the molecule is O=C(NCC[C@H](O)C(F)(F)F)c1cc(-c2cccnc2)nc2ccccc12. The largest absolute Gasteiger partial charge is 0.414 e. The van der Waals surface area contributed by atoms with Crippen LogP contribution in [0.2, 0.25) is 0 Å². The van der Waals surface area contributed by atoms with Gasteiger partial charge in [0.1, 0.15) is 0 Å². The van der Waals surface area contributed by atoms with Crippen molar-refractivity contribution < 1.29 is 23.1 Å². The predicted octanol–water partition coefficient (Wildman–Crippen LogP) is 3.34. The van der Waals surface area contributed by atoms with Gasteiger partial charge in [0.2, 0.25) is 0 Å². The van der Waals surface area contributed by atoms with Gasteiger partial charge >= 0.3 is 6.18 Å². The van der Waals surface area contributed by atoms with Gasteiger partial charge < -0.3 is 10.4 Å². The Morgan fingerprint density at radius 3 is 2.67 bits per heavy atom. The normalized spacial score (nSPS) is 12.7. The first-order valence-electron chi connectivity index (χ1n) is 8.19. The number of amides is 1. The molecule has 3 aromatic rings. The zero-order valence-corrected chi connectivity index (χ0v) is 14.1. The maximum Gasteiger partial charge on any atom is 0.414 e. The molecule has 2 N–H and O–H groups in total. The van der Waals surface area contributed by atoms with Crippen LogP contribution in [0.15, 0.2) is 54.9 Å². The molecular formula is C19H16F3N3O2. The van der Waals surface area contributed by atoms with Gasteiger partial charge in [-0.15, -0.1) is 0 Å². The Morgan fingerprint density at radius 2 is 1.96 bits per heavy atom. The van der Waals surface area contributed by atoms with E-state index in [4.69, 9.17) is 5.11 Å². The number of hydrogen-bond donors (Lipinski definition) is 2. The van der Waals surface area contributed by atoms with E-state index in [1.807, 2.05) is 0 Å². The Bertz CT molecular complexity index is 946. The Morgan fingerprint density at radius 1 is 1.19 bits per heavy atom. The Hall–Kier alpha value is -3.00. The number of aliphatic hydroxyl groups is 1. The molecule has 140 valence electrons. The second kappa shape index (κ2) is 7.71. The maximum atomic E-state index is 12.6. The molecule has 0 aliphatic carbocycles. The lowest BCUT2D eigenvalue weighted by molar-refractivity contribution is -0.204. The second-order valence-corrected chi connectivity index (χ2v) is 5.92. The zero-order valence-electron chi connectivity index (χ0n) is 14.1. The van der Waals surface area contributed by atoms with Crippen LogP contribution in [0, 0.1) is 0 Å². The molecule has 2 aromatic heterocycles. The number of aromatic nitrogens is 2. The van der Waals surface area contributed by atoms with Gasteiger partial charge in [-0.1, -0.05) is 18.2 Å². The number of fused-ring (bicyclic) bond motifs is 1. The van der Waals surface area contributed by atoms with Crippen molar-refractivity contribution in [2.75, 3.05) is 6.54 Å². The third-order valence-corrected chi connectivity index (χ3v) is 4.00. The summed E-state index contributed by atoms with van der Waals surface area (Å²) in [6, 6.07) is 12.1. The minimum Gasteiger partial charge on any atom is -0.384 e. The molecule has 1 amide bonds. The molecule has 0 saturated carbocycles. The highest BCUT2D eigenvalue weighted by Crippen LogP contribution is 2.25. The molecule has 0 bridgehead atoms. The van der Waals surface area contributed by atoms with E-state index in [0.29, 0.717) is 27.7 Å². The fraction of sp³-hybridized carbons (Fsp3) is 0.211. The number of nitrogens with zero attached hydrogens (tertiary/aromatic N) is 2. The third-order valence-electron chi connectivity index (χ3n) is 4.00. The summed E-state index contributed by atoms with van der Waals surface area (Å²) in [6.45, 7) is -0.307. The van der Waals surface area contributed by atoms with Crippen molar-refractivity contribution in [3.63, 3.8) is 0 Å². The molecule has 27 heavy (non-hydrogen) atoms. The molecule has 0 fully saturated rings. The molecule has 0 saturated heterocycles. The monoisotopic (exact) mass is 375 g/mol. The van der Waals surface area contributed by atoms with Crippen LogP contribution < -0.4 is 5.32 Å². The Balaban J connectivity index is 1.87. The van der Waals surface area contributed by atoms with Crippen molar-refractivity contribution in [2.24, 2.45) is 0 Å². The standard InChI is InChI=1S/C19H16F3N3O2/c20-19(21,22)17(26)7-9-24-18(27)14-10-16(12-4-3-8-23-11-12)25-15-6-2-1-5-13(14)15/h1-6,8,10-11,17,26H,7,9H2,(H,24,27)/t17-/m0/s1. The summed E-state index contributed by atoms with van der Waals surface area (Å²) in [6.07, 6.45) is -4.57. The molecule has 2 heterocycles. The molecule has 1 atom stereocenters. The summed E-state index contributed by atoms with van der Waals surface area (Å²) in [5.41, 5.74) is 2.12. The molecule has 8 heteroatoms. The van der Waals surface area contributed by atoms with Crippen LogP contribution >= 0.6 is 0 Å². The van der Waals surface area contributed by atoms with E-state index in [1.165, 1.54) is 0 Å². The van der Waals surface area contributed by atoms with Crippen molar-refractivity contribution in [1.82, 2.24) is 15.3 Å². The van der Waals surface area contributed by atoms with Crippen LogP contribution in [-0.2, 0) is 0 Å². The van der Waals surface area contributed by atoms with Gasteiger partial charge in [-0.05, 0) is 30.7 Å². The minimum absolute atomic E-state index is 0.293. The van der Waals surface area contributed by atoms with Crippen LogP contribution in [0.3, 0.4) is 0 Å². The molecule has 0 aliphatic rings. The summed E-state index contributed by atoms with van der Waals surface area (Å²) in [4.78, 5) is 21.1. The second-order valence-electron chi connectivity index (χ2n) is 5.92. The van der Waals surface area contributed by atoms with E-state index >= 15 is 0 Å². The molecule has 3 rings (SSSR count). The Kier molecular flexibility index (Phi) is 5.36. The average molecular weight is 375 g/mol. The molecule has 0 unspecified atom stereocenters. The highest BCUT2D eigenvalue weighted by atomic mass is 19.4. The summed E-state index contributed by atoms with van der Waals surface area (Å²) < 4.78 is 37.1. The highest BCUT2D eigenvalue weighted by molar-refractivity contribution is 6.07.